The number of esters is 1. The first-order valence-electron chi connectivity index (χ1n) is 11.0. The fourth-order valence-corrected chi connectivity index (χ4v) is 4.24. The van der Waals surface area contributed by atoms with Gasteiger partial charge in [-0.15, -0.1) is 0 Å². The van der Waals surface area contributed by atoms with Crippen molar-refractivity contribution in [1.29, 1.82) is 0 Å². The maximum absolute atomic E-state index is 12.0. The highest BCUT2D eigenvalue weighted by Gasteiger charge is 2.19. The van der Waals surface area contributed by atoms with E-state index in [1.54, 1.807) is 19.4 Å². The molecule has 0 spiro atoms. The third-order valence-electron chi connectivity index (χ3n) is 5.97. The summed E-state index contributed by atoms with van der Waals surface area (Å²) < 4.78 is 10.4. The Morgan fingerprint density at radius 1 is 1.09 bits per heavy atom. The molecule has 8 nitrogen and oxygen atoms in total. The zero-order valence-electron chi connectivity index (χ0n) is 19.3. The number of carbonyl (C=O) groups excluding carboxylic acids is 1. The molecule has 2 aromatic carbocycles. The van der Waals surface area contributed by atoms with E-state index in [1.807, 2.05) is 36.4 Å². The van der Waals surface area contributed by atoms with Crippen LogP contribution in [-0.4, -0.2) is 53.6 Å². The number of rotatable bonds is 5. The van der Waals surface area contributed by atoms with E-state index in [9.17, 15) is 4.79 Å². The highest BCUT2D eigenvalue weighted by atomic mass is 16.5. The van der Waals surface area contributed by atoms with Crippen LogP contribution in [0.4, 0.5) is 11.6 Å². The van der Waals surface area contributed by atoms with Gasteiger partial charge >= 0.3 is 5.97 Å². The lowest BCUT2D eigenvalue weighted by Gasteiger charge is -2.25. The molecule has 0 atom stereocenters. The maximum atomic E-state index is 12.0. The Hall–Kier alpha value is -4.04. The summed E-state index contributed by atoms with van der Waals surface area (Å²) in [6, 6.07) is 15.3. The zero-order chi connectivity index (χ0) is 23.7. The molecular formula is C26H25N5O3. The molecule has 4 aromatic rings. The van der Waals surface area contributed by atoms with Crippen LogP contribution in [0.15, 0.2) is 54.7 Å². The minimum Gasteiger partial charge on any atom is -0.480 e. The molecule has 0 amide bonds. The lowest BCUT2D eigenvalue weighted by atomic mass is 10.0. The van der Waals surface area contributed by atoms with Crippen molar-refractivity contribution < 1.29 is 14.3 Å². The van der Waals surface area contributed by atoms with E-state index in [1.165, 1.54) is 7.11 Å². The number of anilines is 2. The molecule has 0 fully saturated rings. The maximum Gasteiger partial charge on any atom is 0.337 e. The second kappa shape index (κ2) is 9.07. The molecule has 0 radical (unpaired) electrons. The van der Waals surface area contributed by atoms with Gasteiger partial charge in [-0.25, -0.2) is 19.7 Å². The summed E-state index contributed by atoms with van der Waals surface area (Å²) in [5.41, 5.74) is 5.97. The second-order valence-corrected chi connectivity index (χ2v) is 8.27. The number of nitrogens with one attached hydrogen (secondary N) is 1. The summed E-state index contributed by atoms with van der Waals surface area (Å²) in [7, 11) is 5.09. The lowest BCUT2D eigenvalue weighted by Crippen LogP contribution is -2.27. The number of carbonyl (C=O) groups is 1. The van der Waals surface area contributed by atoms with E-state index in [-0.39, 0.29) is 5.97 Å². The van der Waals surface area contributed by atoms with Gasteiger partial charge in [-0.05, 0) is 36.4 Å². The summed E-state index contributed by atoms with van der Waals surface area (Å²) in [5, 5.41) is 4.19. The fourth-order valence-electron chi connectivity index (χ4n) is 4.24. The SMILES string of the molecule is COC(=O)c1cccc(-c2cccc3cnc(Nc4cc5c(nc4OC)CCN(C)C5)nc23)c1. The zero-order valence-corrected chi connectivity index (χ0v) is 19.3. The smallest absolute Gasteiger partial charge is 0.337 e. The van der Waals surface area contributed by atoms with Crippen LogP contribution in [0.25, 0.3) is 22.0 Å². The monoisotopic (exact) mass is 455 g/mol. The Labute approximate surface area is 197 Å². The Balaban J connectivity index is 1.55. The van der Waals surface area contributed by atoms with Crippen molar-refractivity contribution in [2.45, 2.75) is 13.0 Å². The van der Waals surface area contributed by atoms with Crippen LogP contribution in [0.3, 0.4) is 0 Å². The Kier molecular flexibility index (Phi) is 5.81. The first-order valence-corrected chi connectivity index (χ1v) is 11.0. The average molecular weight is 456 g/mol. The van der Waals surface area contributed by atoms with Gasteiger partial charge in [0.1, 0.15) is 5.69 Å². The fraction of sp³-hybridized carbons (Fsp3) is 0.231. The van der Waals surface area contributed by atoms with Crippen LogP contribution >= 0.6 is 0 Å². The van der Waals surface area contributed by atoms with Gasteiger partial charge in [-0.3, -0.25) is 0 Å². The van der Waals surface area contributed by atoms with E-state index in [2.05, 4.69) is 28.3 Å². The number of hydrogen-bond donors (Lipinski definition) is 1. The molecular weight excluding hydrogens is 430 g/mol. The predicted molar refractivity (Wildman–Crippen MR) is 130 cm³/mol. The number of ether oxygens (including phenoxy) is 2. The molecule has 2 aromatic heterocycles. The van der Waals surface area contributed by atoms with Crippen molar-refractivity contribution in [2.75, 3.05) is 33.1 Å². The molecule has 1 aliphatic heterocycles. The molecule has 5 rings (SSSR count). The molecule has 0 saturated carbocycles. The first-order chi connectivity index (χ1) is 16.6. The summed E-state index contributed by atoms with van der Waals surface area (Å²) in [4.78, 5) is 28.3. The minimum atomic E-state index is -0.378. The van der Waals surface area contributed by atoms with E-state index >= 15 is 0 Å². The van der Waals surface area contributed by atoms with Crippen molar-refractivity contribution in [3.8, 4) is 17.0 Å². The molecule has 0 bridgehead atoms. The lowest BCUT2D eigenvalue weighted by molar-refractivity contribution is 0.0601. The topological polar surface area (TPSA) is 89.5 Å². The van der Waals surface area contributed by atoms with Gasteiger partial charge in [0.25, 0.3) is 0 Å². The summed E-state index contributed by atoms with van der Waals surface area (Å²) >= 11 is 0. The quantitative estimate of drug-likeness (QED) is 0.448. The van der Waals surface area contributed by atoms with Crippen LogP contribution in [-0.2, 0) is 17.7 Å². The number of aromatic nitrogens is 3. The number of hydrogen-bond acceptors (Lipinski definition) is 8. The number of nitrogens with zero attached hydrogens (tertiary/aromatic N) is 4. The van der Waals surface area contributed by atoms with Crippen molar-refractivity contribution in [2.24, 2.45) is 0 Å². The average Bonchev–Trinajstić information content (AvgIpc) is 2.87. The molecule has 172 valence electrons. The van der Waals surface area contributed by atoms with Crippen molar-refractivity contribution in [1.82, 2.24) is 19.9 Å². The molecule has 1 N–H and O–H groups in total. The van der Waals surface area contributed by atoms with Gasteiger partial charge in [-0.1, -0.05) is 30.3 Å². The number of benzene rings is 2. The van der Waals surface area contributed by atoms with Gasteiger partial charge in [0.05, 0.1) is 31.0 Å². The van der Waals surface area contributed by atoms with Gasteiger partial charge in [-0.2, -0.15) is 0 Å². The predicted octanol–water partition coefficient (Wildman–Crippen LogP) is 4.22. The number of fused-ring (bicyclic) bond motifs is 2. The molecule has 0 unspecified atom stereocenters. The molecule has 3 heterocycles. The van der Waals surface area contributed by atoms with Crippen LogP contribution in [0, 0.1) is 0 Å². The summed E-state index contributed by atoms with van der Waals surface area (Å²) in [6.07, 6.45) is 2.67. The van der Waals surface area contributed by atoms with Crippen LogP contribution in [0.2, 0.25) is 0 Å². The Bertz CT molecular complexity index is 1390. The number of methoxy groups -OCH3 is 2. The molecule has 1 aliphatic rings. The highest BCUT2D eigenvalue weighted by molar-refractivity contribution is 5.96. The van der Waals surface area contributed by atoms with Gasteiger partial charge in [0, 0.05) is 36.7 Å². The van der Waals surface area contributed by atoms with Gasteiger partial charge in [0.15, 0.2) is 0 Å². The van der Waals surface area contributed by atoms with E-state index in [0.717, 1.165) is 58.5 Å². The number of para-hydroxylation sites is 1. The van der Waals surface area contributed by atoms with Gasteiger partial charge < -0.3 is 19.7 Å². The Morgan fingerprint density at radius 2 is 1.94 bits per heavy atom. The molecule has 34 heavy (non-hydrogen) atoms. The number of likely N-dealkylation sites (N-methyl/N-ethyl adjacent to an activating group) is 1. The van der Waals surface area contributed by atoms with Crippen LogP contribution in [0.5, 0.6) is 5.88 Å². The highest BCUT2D eigenvalue weighted by Crippen LogP contribution is 2.32. The van der Waals surface area contributed by atoms with Crippen molar-refractivity contribution in [3.05, 3.63) is 71.5 Å². The second-order valence-electron chi connectivity index (χ2n) is 8.27. The molecule has 0 aliphatic carbocycles. The normalized spacial score (nSPS) is 13.4. The van der Waals surface area contributed by atoms with E-state index in [4.69, 9.17) is 19.4 Å². The van der Waals surface area contributed by atoms with Crippen LogP contribution < -0.4 is 10.1 Å². The largest absolute Gasteiger partial charge is 0.480 e. The Morgan fingerprint density at radius 3 is 2.76 bits per heavy atom. The summed E-state index contributed by atoms with van der Waals surface area (Å²) in [6.45, 7) is 1.81. The third-order valence-corrected chi connectivity index (χ3v) is 5.97. The van der Waals surface area contributed by atoms with Crippen molar-refractivity contribution in [3.63, 3.8) is 0 Å². The third kappa shape index (κ3) is 4.15. The van der Waals surface area contributed by atoms with Gasteiger partial charge in [0.2, 0.25) is 11.8 Å². The van der Waals surface area contributed by atoms with Crippen molar-refractivity contribution >= 4 is 28.5 Å². The van der Waals surface area contributed by atoms with E-state index in [0.29, 0.717) is 17.4 Å². The summed E-state index contributed by atoms with van der Waals surface area (Å²) in [5.74, 6) is 0.580. The van der Waals surface area contributed by atoms with E-state index < -0.39 is 0 Å². The molecule has 8 heteroatoms. The molecule has 0 saturated heterocycles. The van der Waals surface area contributed by atoms with Crippen LogP contribution in [0.1, 0.15) is 21.6 Å². The standard InChI is InChI=1S/C26H25N5O3/c1-31-11-10-21-19(15-31)13-22(24(28-21)33-2)29-26-27-14-18-8-5-9-20(23(18)30-26)16-6-4-7-17(12-16)25(32)34-3/h4-9,12-14H,10-11,15H2,1-3H3,(H,27,29,30). The number of pyridine rings is 1. The minimum absolute atomic E-state index is 0.378. The first kappa shape index (κ1) is 21.8.